The highest BCUT2D eigenvalue weighted by molar-refractivity contribution is 5.80. The predicted octanol–water partition coefficient (Wildman–Crippen LogP) is 2.34. The van der Waals surface area contributed by atoms with Crippen molar-refractivity contribution < 1.29 is 0 Å². The average Bonchev–Trinajstić information content (AvgIpc) is 2.05. The van der Waals surface area contributed by atoms with Crippen LogP contribution in [0.2, 0.25) is 0 Å². The van der Waals surface area contributed by atoms with Crippen LogP contribution in [-0.2, 0) is 6.42 Å². The third-order valence-electron chi connectivity index (χ3n) is 1.94. The number of aryl methyl sites for hydroxylation is 2. The summed E-state index contributed by atoms with van der Waals surface area (Å²) < 4.78 is 0. The van der Waals surface area contributed by atoms with Crippen LogP contribution in [0.25, 0.3) is 0 Å². The van der Waals surface area contributed by atoms with Crippen molar-refractivity contribution in [3.05, 3.63) is 29.1 Å². The van der Waals surface area contributed by atoms with E-state index in [0.717, 1.165) is 24.1 Å². The Kier molecular flexibility index (Phi) is 2.97. The van der Waals surface area contributed by atoms with Crippen molar-refractivity contribution >= 4 is 6.21 Å². The molecule has 0 aliphatic carbocycles. The number of nitrogens with zero attached hydrogens (tertiary/aromatic N) is 1. The van der Waals surface area contributed by atoms with Gasteiger partial charge < -0.3 is 5.41 Å². The molecule has 0 spiro atoms. The van der Waals surface area contributed by atoms with Crippen molar-refractivity contribution in [2.24, 2.45) is 0 Å². The third-order valence-corrected chi connectivity index (χ3v) is 1.94. The van der Waals surface area contributed by atoms with Gasteiger partial charge in [-0.3, -0.25) is 4.98 Å². The van der Waals surface area contributed by atoms with Gasteiger partial charge in [-0.15, -0.1) is 0 Å². The van der Waals surface area contributed by atoms with Gasteiger partial charge in [-0.2, -0.15) is 0 Å². The second-order valence-corrected chi connectivity index (χ2v) is 2.86. The first-order valence-electron chi connectivity index (χ1n) is 4.24. The Morgan fingerprint density at radius 2 is 2.33 bits per heavy atom. The summed E-state index contributed by atoms with van der Waals surface area (Å²) in [6.45, 7) is 4.09. The van der Waals surface area contributed by atoms with Gasteiger partial charge in [-0.1, -0.05) is 13.3 Å². The van der Waals surface area contributed by atoms with Gasteiger partial charge in [0.05, 0.1) is 0 Å². The summed E-state index contributed by atoms with van der Waals surface area (Å²) >= 11 is 0. The van der Waals surface area contributed by atoms with Gasteiger partial charge >= 0.3 is 0 Å². The van der Waals surface area contributed by atoms with Gasteiger partial charge in [-0.25, -0.2) is 0 Å². The summed E-state index contributed by atoms with van der Waals surface area (Å²) in [6.07, 6.45) is 5.36. The lowest BCUT2D eigenvalue weighted by Crippen LogP contribution is -1.97. The molecule has 2 heteroatoms. The minimum absolute atomic E-state index is 0.955. The summed E-state index contributed by atoms with van der Waals surface area (Å²) in [4.78, 5) is 4.14. The quantitative estimate of drug-likeness (QED) is 0.680. The van der Waals surface area contributed by atoms with Crippen LogP contribution < -0.4 is 0 Å². The van der Waals surface area contributed by atoms with E-state index >= 15 is 0 Å². The van der Waals surface area contributed by atoms with Crippen LogP contribution >= 0.6 is 0 Å². The van der Waals surface area contributed by atoms with E-state index in [4.69, 9.17) is 5.41 Å². The molecule has 0 aliphatic rings. The van der Waals surface area contributed by atoms with Crippen molar-refractivity contribution in [1.29, 1.82) is 5.41 Å². The first-order chi connectivity index (χ1) is 5.79. The van der Waals surface area contributed by atoms with Crippen LogP contribution in [-0.4, -0.2) is 11.2 Å². The van der Waals surface area contributed by atoms with Crippen molar-refractivity contribution in [3.8, 4) is 0 Å². The molecule has 1 aromatic rings. The largest absolute Gasteiger partial charge is 0.308 e. The highest BCUT2D eigenvalue weighted by Gasteiger charge is 2.01. The van der Waals surface area contributed by atoms with E-state index < -0.39 is 0 Å². The Morgan fingerprint density at radius 3 is 2.92 bits per heavy atom. The molecule has 0 unspecified atom stereocenters. The molecule has 0 aliphatic heterocycles. The van der Waals surface area contributed by atoms with Crippen molar-refractivity contribution in [1.82, 2.24) is 4.98 Å². The van der Waals surface area contributed by atoms with Crippen molar-refractivity contribution in [2.45, 2.75) is 26.7 Å². The Bertz CT molecular complexity index is 279. The van der Waals surface area contributed by atoms with E-state index in [9.17, 15) is 0 Å². The zero-order valence-corrected chi connectivity index (χ0v) is 7.59. The van der Waals surface area contributed by atoms with Gasteiger partial charge in [0, 0.05) is 23.7 Å². The van der Waals surface area contributed by atoms with Crippen molar-refractivity contribution in [3.63, 3.8) is 0 Å². The third kappa shape index (κ3) is 1.70. The smallest absolute Gasteiger partial charge is 0.0462 e. The first-order valence-corrected chi connectivity index (χ1v) is 4.24. The summed E-state index contributed by atoms with van der Waals surface area (Å²) in [5.41, 5.74) is 3.18. The summed E-state index contributed by atoms with van der Waals surface area (Å²) in [7, 11) is 0. The molecule has 0 saturated heterocycles. The SMILES string of the molecule is CCCc1ccnc(C)c1C=N. The fourth-order valence-corrected chi connectivity index (χ4v) is 1.32. The maximum Gasteiger partial charge on any atom is 0.0462 e. The summed E-state index contributed by atoms with van der Waals surface area (Å²) in [5.74, 6) is 0. The second kappa shape index (κ2) is 4.00. The molecule has 1 aromatic heterocycles. The number of aromatic nitrogens is 1. The number of hydrogen-bond acceptors (Lipinski definition) is 2. The van der Waals surface area contributed by atoms with Gasteiger partial charge in [-0.05, 0) is 25.0 Å². The van der Waals surface area contributed by atoms with Gasteiger partial charge in [0.15, 0.2) is 0 Å². The van der Waals surface area contributed by atoms with E-state index in [0.29, 0.717) is 0 Å². The summed E-state index contributed by atoms with van der Waals surface area (Å²) in [6, 6.07) is 2.00. The van der Waals surface area contributed by atoms with E-state index in [1.165, 1.54) is 11.8 Å². The zero-order chi connectivity index (χ0) is 8.97. The van der Waals surface area contributed by atoms with Crippen LogP contribution in [0.15, 0.2) is 12.3 Å². The van der Waals surface area contributed by atoms with E-state index in [2.05, 4.69) is 11.9 Å². The number of pyridine rings is 1. The Labute approximate surface area is 73.2 Å². The Morgan fingerprint density at radius 1 is 1.58 bits per heavy atom. The standard InChI is InChI=1S/C10H14N2/c1-3-4-9-5-6-12-8(2)10(9)7-11/h5-7,11H,3-4H2,1-2H3. The molecule has 1 rings (SSSR count). The van der Waals surface area contributed by atoms with Gasteiger partial charge in [0.2, 0.25) is 0 Å². The Balaban J connectivity index is 3.09. The molecule has 0 radical (unpaired) electrons. The van der Waals surface area contributed by atoms with Crippen LogP contribution in [0, 0.1) is 12.3 Å². The lowest BCUT2D eigenvalue weighted by Gasteiger charge is -2.05. The van der Waals surface area contributed by atoms with Crippen LogP contribution in [0.4, 0.5) is 0 Å². The topological polar surface area (TPSA) is 36.7 Å². The van der Waals surface area contributed by atoms with E-state index in [-0.39, 0.29) is 0 Å². The van der Waals surface area contributed by atoms with Crippen LogP contribution in [0.5, 0.6) is 0 Å². The highest BCUT2D eigenvalue weighted by Crippen LogP contribution is 2.10. The van der Waals surface area contributed by atoms with Gasteiger partial charge in [0.25, 0.3) is 0 Å². The molecule has 0 aromatic carbocycles. The lowest BCUT2D eigenvalue weighted by molar-refractivity contribution is 0.912. The number of nitrogens with one attached hydrogen (secondary N) is 1. The average molecular weight is 162 g/mol. The molecule has 64 valence electrons. The molecular formula is C10H14N2. The maximum atomic E-state index is 7.24. The van der Waals surface area contributed by atoms with Crippen LogP contribution in [0.1, 0.15) is 30.2 Å². The molecule has 2 nitrogen and oxygen atoms in total. The number of rotatable bonds is 3. The zero-order valence-electron chi connectivity index (χ0n) is 7.59. The minimum Gasteiger partial charge on any atom is -0.308 e. The predicted molar refractivity (Wildman–Crippen MR) is 50.9 cm³/mol. The molecule has 0 bridgehead atoms. The molecule has 0 fully saturated rings. The molecule has 0 atom stereocenters. The molecule has 12 heavy (non-hydrogen) atoms. The highest BCUT2D eigenvalue weighted by atomic mass is 14.7. The molecule has 0 amide bonds. The van der Waals surface area contributed by atoms with E-state index in [1.807, 2.05) is 19.2 Å². The fourth-order valence-electron chi connectivity index (χ4n) is 1.32. The fraction of sp³-hybridized carbons (Fsp3) is 0.400. The minimum atomic E-state index is 0.955. The molecule has 1 N–H and O–H groups in total. The molecule has 0 saturated carbocycles. The maximum absolute atomic E-state index is 7.24. The number of hydrogen-bond donors (Lipinski definition) is 1. The van der Waals surface area contributed by atoms with Crippen molar-refractivity contribution in [2.75, 3.05) is 0 Å². The normalized spacial score (nSPS) is 9.83. The Hall–Kier alpha value is -1.18. The van der Waals surface area contributed by atoms with Gasteiger partial charge in [0.1, 0.15) is 0 Å². The monoisotopic (exact) mass is 162 g/mol. The van der Waals surface area contributed by atoms with E-state index in [1.54, 1.807) is 0 Å². The summed E-state index contributed by atoms with van der Waals surface area (Å²) in [5, 5.41) is 7.24. The second-order valence-electron chi connectivity index (χ2n) is 2.86. The molecular weight excluding hydrogens is 148 g/mol. The first kappa shape index (κ1) is 8.91. The lowest BCUT2D eigenvalue weighted by atomic mass is 10.0. The van der Waals surface area contributed by atoms with Crippen LogP contribution in [0.3, 0.4) is 0 Å². The molecule has 1 heterocycles.